The first-order valence-corrected chi connectivity index (χ1v) is 5.23. The zero-order valence-electron chi connectivity index (χ0n) is 9.35. The average Bonchev–Trinajstić information content (AvgIpc) is 2.29. The van der Waals surface area contributed by atoms with Crippen LogP contribution in [0.15, 0.2) is 24.3 Å². The van der Waals surface area contributed by atoms with Crippen LogP contribution in [0.4, 0.5) is 5.69 Å². The number of nitrogens with two attached hydrogens (primary N) is 1. The van der Waals surface area contributed by atoms with E-state index in [4.69, 9.17) is 15.6 Å². The van der Waals surface area contributed by atoms with E-state index in [1.807, 2.05) is 19.1 Å². The molecule has 0 aliphatic carbocycles. The summed E-state index contributed by atoms with van der Waals surface area (Å²) in [4.78, 5) is 11.4. The predicted octanol–water partition coefficient (Wildman–Crippen LogP) is 0.983. The molecule has 0 aliphatic heterocycles. The molecule has 0 bridgehead atoms. The van der Waals surface area contributed by atoms with Gasteiger partial charge in [-0.15, -0.1) is 0 Å². The maximum absolute atomic E-state index is 11.4. The number of aliphatic hydroxyl groups excluding tert-OH is 1. The number of hydrogen-bond donors (Lipinski definition) is 2. The highest BCUT2D eigenvalue weighted by Crippen LogP contribution is 2.11. The van der Waals surface area contributed by atoms with Crippen molar-refractivity contribution < 1.29 is 14.6 Å². The molecule has 0 saturated heterocycles. The van der Waals surface area contributed by atoms with Gasteiger partial charge in [-0.1, -0.05) is 25.1 Å². The number of anilines is 1. The quantitative estimate of drug-likeness (QED) is 0.576. The molecule has 0 saturated carbocycles. The number of nitrogen functional groups attached to an aromatic ring is 1. The summed E-state index contributed by atoms with van der Waals surface area (Å²) < 4.78 is 5.00. The number of benzene rings is 1. The smallest absolute Gasteiger partial charge is 0.310 e. The molecule has 1 aromatic rings. The van der Waals surface area contributed by atoms with Crippen molar-refractivity contribution in [1.82, 2.24) is 0 Å². The molecule has 0 spiro atoms. The Hall–Kier alpha value is -1.55. The number of rotatable bonds is 5. The Labute approximate surface area is 95.0 Å². The highest BCUT2D eigenvalue weighted by atomic mass is 16.5. The lowest BCUT2D eigenvalue weighted by Gasteiger charge is -2.09. The van der Waals surface area contributed by atoms with E-state index in [9.17, 15) is 4.79 Å². The Balaban J connectivity index is 2.43. The molecular weight excluding hydrogens is 206 g/mol. The van der Waals surface area contributed by atoms with E-state index in [1.54, 1.807) is 12.1 Å². The molecule has 0 amide bonds. The van der Waals surface area contributed by atoms with Gasteiger partial charge in [-0.3, -0.25) is 4.79 Å². The normalized spacial score (nSPS) is 12.1. The van der Waals surface area contributed by atoms with Gasteiger partial charge in [-0.05, 0) is 11.6 Å². The number of para-hydroxylation sites is 1. The molecule has 1 atom stereocenters. The van der Waals surface area contributed by atoms with E-state index in [0.717, 1.165) is 5.56 Å². The van der Waals surface area contributed by atoms with Gasteiger partial charge in [0.25, 0.3) is 0 Å². The van der Waals surface area contributed by atoms with Crippen LogP contribution in [0.5, 0.6) is 0 Å². The van der Waals surface area contributed by atoms with Crippen molar-refractivity contribution in [3.8, 4) is 0 Å². The first kappa shape index (κ1) is 12.5. The van der Waals surface area contributed by atoms with Crippen LogP contribution in [-0.4, -0.2) is 24.3 Å². The Bertz CT molecular complexity index is 352. The standard InChI is InChI=1S/C12H17NO3/c1-9(7-14)8-16-12(15)6-10-4-2-3-5-11(10)13/h2-5,9,14H,6-8,13H2,1H3. The minimum Gasteiger partial charge on any atom is -0.465 e. The number of esters is 1. The third-order valence-electron chi connectivity index (χ3n) is 2.23. The van der Waals surface area contributed by atoms with Crippen molar-refractivity contribution in [2.45, 2.75) is 13.3 Å². The molecule has 0 fully saturated rings. The van der Waals surface area contributed by atoms with E-state index >= 15 is 0 Å². The minimum absolute atomic E-state index is 0.0146. The molecule has 0 aromatic heterocycles. The molecule has 0 aliphatic rings. The largest absolute Gasteiger partial charge is 0.465 e. The highest BCUT2D eigenvalue weighted by molar-refractivity contribution is 5.74. The summed E-state index contributed by atoms with van der Waals surface area (Å²) in [5, 5.41) is 8.77. The predicted molar refractivity (Wildman–Crippen MR) is 61.8 cm³/mol. The third-order valence-corrected chi connectivity index (χ3v) is 2.23. The number of ether oxygens (including phenoxy) is 1. The minimum atomic E-state index is -0.321. The molecule has 1 unspecified atom stereocenters. The summed E-state index contributed by atoms with van der Waals surface area (Å²) in [5.41, 5.74) is 7.06. The molecule has 1 aromatic carbocycles. The number of carbonyl (C=O) groups excluding carboxylic acids is 1. The van der Waals surface area contributed by atoms with E-state index in [0.29, 0.717) is 5.69 Å². The molecular formula is C12H17NO3. The molecule has 88 valence electrons. The van der Waals surface area contributed by atoms with E-state index in [-0.39, 0.29) is 31.5 Å². The summed E-state index contributed by atoms with van der Waals surface area (Å²) in [7, 11) is 0. The second-order valence-electron chi connectivity index (χ2n) is 3.85. The van der Waals surface area contributed by atoms with Crippen molar-refractivity contribution in [2.75, 3.05) is 18.9 Å². The molecule has 0 heterocycles. The van der Waals surface area contributed by atoms with Gasteiger partial charge in [-0.2, -0.15) is 0 Å². The van der Waals surface area contributed by atoms with Crippen molar-refractivity contribution in [3.05, 3.63) is 29.8 Å². The fraction of sp³-hybridized carbons (Fsp3) is 0.417. The number of aliphatic hydroxyl groups is 1. The molecule has 4 nitrogen and oxygen atoms in total. The van der Waals surface area contributed by atoms with Crippen LogP contribution in [0.2, 0.25) is 0 Å². The molecule has 1 rings (SSSR count). The van der Waals surface area contributed by atoms with Crippen LogP contribution in [0.3, 0.4) is 0 Å². The van der Waals surface area contributed by atoms with E-state index < -0.39 is 0 Å². The van der Waals surface area contributed by atoms with Crippen LogP contribution in [0.1, 0.15) is 12.5 Å². The molecule has 3 N–H and O–H groups in total. The molecule has 4 heteroatoms. The first-order valence-electron chi connectivity index (χ1n) is 5.23. The van der Waals surface area contributed by atoms with Gasteiger partial charge in [0, 0.05) is 18.2 Å². The first-order chi connectivity index (χ1) is 7.63. The Morgan fingerprint density at radius 1 is 1.50 bits per heavy atom. The van der Waals surface area contributed by atoms with Crippen molar-refractivity contribution in [3.63, 3.8) is 0 Å². The van der Waals surface area contributed by atoms with Crippen LogP contribution >= 0.6 is 0 Å². The van der Waals surface area contributed by atoms with Crippen molar-refractivity contribution in [2.24, 2.45) is 5.92 Å². The van der Waals surface area contributed by atoms with Crippen LogP contribution in [0, 0.1) is 5.92 Å². The second kappa shape index (κ2) is 6.12. The van der Waals surface area contributed by atoms with Crippen molar-refractivity contribution >= 4 is 11.7 Å². The fourth-order valence-corrected chi connectivity index (χ4v) is 1.19. The van der Waals surface area contributed by atoms with Gasteiger partial charge in [0.15, 0.2) is 0 Å². The third kappa shape index (κ3) is 3.90. The average molecular weight is 223 g/mol. The van der Waals surface area contributed by atoms with Crippen LogP contribution in [0.25, 0.3) is 0 Å². The van der Waals surface area contributed by atoms with Crippen LogP contribution in [-0.2, 0) is 16.0 Å². The number of hydrogen-bond acceptors (Lipinski definition) is 4. The summed E-state index contributed by atoms with van der Waals surface area (Å²) in [6, 6.07) is 7.19. The lowest BCUT2D eigenvalue weighted by atomic mass is 10.1. The summed E-state index contributed by atoms with van der Waals surface area (Å²) >= 11 is 0. The fourth-order valence-electron chi connectivity index (χ4n) is 1.19. The summed E-state index contributed by atoms with van der Waals surface area (Å²) in [6.07, 6.45) is 0.171. The zero-order chi connectivity index (χ0) is 12.0. The molecule has 0 radical (unpaired) electrons. The Morgan fingerprint density at radius 2 is 2.19 bits per heavy atom. The number of carbonyl (C=O) groups is 1. The van der Waals surface area contributed by atoms with Gasteiger partial charge < -0.3 is 15.6 Å². The van der Waals surface area contributed by atoms with Gasteiger partial charge in [0.1, 0.15) is 0 Å². The van der Waals surface area contributed by atoms with Crippen LogP contribution < -0.4 is 5.73 Å². The van der Waals surface area contributed by atoms with E-state index in [1.165, 1.54) is 0 Å². The Kier molecular flexibility index (Phi) is 4.79. The van der Waals surface area contributed by atoms with Crippen molar-refractivity contribution in [1.29, 1.82) is 0 Å². The van der Waals surface area contributed by atoms with Gasteiger partial charge in [0.05, 0.1) is 13.0 Å². The van der Waals surface area contributed by atoms with Gasteiger partial charge >= 0.3 is 5.97 Å². The van der Waals surface area contributed by atoms with Gasteiger partial charge in [-0.25, -0.2) is 0 Å². The zero-order valence-corrected chi connectivity index (χ0v) is 9.35. The van der Waals surface area contributed by atoms with E-state index in [2.05, 4.69) is 0 Å². The summed E-state index contributed by atoms with van der Waals surface area (Å²) in [6.45, 7) is 2.06. The lowest BCUT2D eigenvalue weighted by molar-refractivity contribution is -0.144. The molecule has 16 heavy (non-hydrogen) atoms. The topological polar surface area (TPSA) is 72.5 Å². The maximum atomic E-state index is 11.4. The van der Waals surface area contributed by atoms with Gasteiger partial charge in [0.2, 0.25) is 0 Å². The lowest BCUT2D eigenvalue weighted by Crippen LogP contribution is -2.16. The maximum Gasteiger partial charge on any atom is 0.310 e. The highest BCUT2D eigenvalue weighted by Gasteiger charge is 2.09. The monoisotopic (exact) mass is 223 g/mol. The second-order valence-corrected chi connectivity index (χ2v) is 3.85. The summed E-state index contributed by atoms with van der Waals surface area (Å²) in [5.74, 6) is -0.352. The Morgan fingerprint density at radius 3 is 2.81 bits per heavy atom. The SMILES string of the molecule is CC(CO)COC(=O)Cc1ccccc1N.